The zero-order valence-corrected chi connectivity index (χ0v) is 12.4. The molecule has 21 heavy (non-hydrogen) atoms. The van der Waals surface area contributed by atoms with Crippen LogP contribution < -0.4 is 4.74 Å². The maximum atomic E-state index is 14.3. The third kappa shape index (κ3) is 2.87. The van der Waals surface area contributed by atoms with Gasteiger partial charge in [-0.15, -0.1) is 11.6 Å². The highest BCUT2D eigenvalue weighted by Crippen LogP contribution is 2.32. The Hall–Kier alpha value is -1.66. The quantitative estimate of drug-likeness (QED) is 0.835. The van der Waals surface area contributed by atoms with Gasteiger partial charge in [0.15, 0.2) is 17.6 Å². The zero-order chi connectivity index (χ0) is 15.7. The molecule has 2 unspecified atom stereocenters. The summed E-state index contributed by atoms with van der Waals surface area (Å²) in [6.07, 6.45) is -0.0281. The maximum absolute atomic E-state index is 14.3. The number of rotatable bonds is 3. The summed E-state index contributed by atoms with van der Waals surface area (Å²) in [4.78, 5) is 15.1. The van der Waals surface area contributed by atoms with Gasteiger partial charge in [-0.2, -0.15) is 0 Å². The van der Waals surface area contributed by atoms with Crippen molar-refractivity contribution >= 4 is 40.6 Å². The predicted octanol–water partition coefficient (Wildman–Crippen LogP) is 2.76. The summed E-state index contributed by atoms with van der Waals surface area (Å²) >= 11 is 11.7. The Bertz CT molecular complexity index is 649. The molecule has 0 saturated carbocycles. The monoisotopic (exact) mass is 332 g/mol. The summed E-state index contributed by atoms with van der Waals surface area (Å²) in [6.45, 7) is 0. The molecule has 1 heterocycles. The van der Waals surface area contributed by atoms with E-state index in [2.05, 4.69) is 4.99 Å². The Kier molecular flexibility index (Phi) is 4.49. The first-order valence-electron chi connectivity index (χ1n) is 5.90. The highest BCUT2D eigenvalue weighted by Gasteiger charge is 2.35. The molecular weight excluding hydrogens is 322 g/mol. The highest BCUT2D eigenvalue weighted by molar-refractivity contribution is 6.37. The normalized spacial score (nSPS) is 21.9. The average molecular weight is 333 g/mol. The van der Waals surface area contributed by atoms with Crippen molar-refractivity contribution in [1.82, 2.24) is 0 Å². The van der Waals surface area contributed by atoms with E-state index >= 15 is 0 Å². The summed E-state index contributed by atoms with van der Waals surface area (Å²) in [5.41, 5.74) is 0.162. The van der Waals surface area contributed by atoms with Gasteiger partial charge in [0.25, 0.3) is 0 Å². The minimum atomic E-state index is -1.32. The van der Waals surface area contributed by atoms with Crippen molar-refractivity contribution in [2.45, 2.75) is 17.8 Å². The van der Waals surface area contributed by atoms with Crippen molar-refractivity contribution in [3.63, 3.8) is 0 Å². The van der Waals surface area contributed by atoms with Gasteiger partial charge in [-0.3, -0.25) is 4.99 Å². The van der Waals surface area contributed by atoms with Crippen molar-refractivity contribution < 1.29 is 19.0 Å². The van der Waals surface area contributed by atoms with Crippen LogP contribution in [0.5, 0.6) is 5.75 Å². The van der Waals surface area contributed by atoms with E-state index in [-0.39, 0.29) is 34.2 Å². The molecule has 2 N–H and O–H groups in total. The second kappa shape index (κ2) is 5.99. The summed E-state index contributed by atoms with van der Waals surface area (Å²) in [6, 6.07) is 1.48. The SMILES string of the molecule is COc1c(Cl)ccc(C2=NC(C(=O)O)C(Cl)C(=N)C2)c1F. The van der Waals surface area contributed by atoms with Crippen molar-refractivity contribution in [3.8, 4) is 5.75 Å². The number of benzene rings is 1. The number of nitrogens with one attached hydrogen (secondary N) is 1. The first kappa shape index (κ1) is 15.7. The molecule has 1 aliphatic heterocycles. The fraction of sp³-hybridized carbons (Fsp3) is 0.308. The molecule has 0 radical (unpaired) electrons. The van der Waals surface area contributed by atoms with E-state index in [0.717, 1.165) is 0 Å². The van der Waals surface area contributed by atoms with Crippen LogP contribution in [-0.2, 0) is 4.79 Å². The topological polar surface area (TPSA) is 82.7 Å². The lowest BCUT2D eigenvalue weighted by Crippen LogP contribution is -2.40. The predicted molar refractivity (Wildman–Crippen MR) is 77.9 cm³/mol. The second-order valence-electron chi connectivity index (χ2n) is 4.40. The molecule has 0 aliphatic carbocycles. The van der Waals surface area contributed by atoms with Crippen LogP contribution in [0.2, 0.25) is 5.02 Å². The van der Waals surface area contributed by atoms with E-state index in [1.807, 2.05) is 0 Å². The van der Waals surface area contributed by atoms with E-state index in [4.69, 9.17) is 38.5 Å². The lowest BCUT2D eigenvalue weighted by atomic mass is 9.95. The van der Waals surface area contributed by atoms with Crippen LogP contribution >= 0.6 is 23.2 Å². The lowest BCUT2D eigenvalue weighted by Gasteiger charge is -2.24. The van der Waals surface area contributed by atoms with Crippen LogP contribution in [0.15, 0.2) is 17.1 Å². The maximum Gasteiger partial charge on any atom is 0.330 e. The number of methoxy groups -OCH3 is 1. The summed E-state index contributed by atoms with van der Waals surface area (Å²) in [5, 5.41) is 15.9. The number of carboxylic acid groups (broad SMARTS) is 1. The van der Waals surface area contributed by atoms with Gasteiger partial charge < -0.3 is 15.3 Å². The molecule has 5 nitrogen and oxygen atoms in total. The Morgan fingerprint density at radius 1 is 1.57 bits per heavy atom. The molecule has 8 heteroatoms. The molecular formula is C13H11Cl2FN2O3. The summed E-state index contributed by atoms with van der Waals surface area (Å²) < 4.78 is 19.2. The molecule has 0 spiro atoms. The van der Waals surface area contributed by atoms with Crippen molar-refractivity contribution in [3.05, 3.63) is 28.5 Å². The molecule has 0 aromatic heterocycles. The third-order valence-electron chi connectivity index (χ3n) is 3.08. The van der Waals surface area contributed by atoms with E-state index < -0.39 is 23.2 Å². The number of nitrogens with zero attached hydrogens (tertiary/aromatic N) is 1. The average Bonchev–Trinajstić information content (AvgIpc) is 2.42. The number of carbonyl (C=O) groups is 1. The van der Waals surface area contributed by atoms with Crippen LogP contribution in [0.4, 0.5) is 4.39 Å². The van der Waals surface area contributed by atoms with Crippen molar-refractivity contribution in [2.75, 3.05) is 7.11 Å². The zero-order valence-electron chi connectivity index (χ0n) is 10.9. The van der Waals surface area contributed by atoms with E-state index in [9.17, 15) is 9.18 Å². The first-order valence-corrected chi connectivity index (χ1v) is 6.71. The van der Waals surface area contributed by atoms with Gasteiger partial charge in [-0.25, -0.2) is 9.18 Å². The Morgan fingerprint density at radius 3 is 2.81 bits per heavy atom. The van der Waals surface area contributed by atoms with Gasteiger partial charge in [-0.1, -0.05) is 11.6 Å². The molecule has 1 aromatic rings. The highest BCUT2D eigenvalue weighted by atomic mass is 35.5. The molecule has 0 bridgehead atoms. The summed E-state index contributed by atoms with van der Waals surface area (Å²) in [5.74, 6) is -2.16. The molecule has 112 valence electrons. The van der Waals surface area contributed by atoms with Crippen molar-refractivity contribution in [2.24, 2.45) is 4.99 Å². The number of hydrogen-bond donors (Lipinski definition) is 2. The van der Waals surface area contributed by atoms with Crippen LogP contribution in [0.3, 0.4) is 0 Å². The number of alkyl halides is 1. The molecule has 1 aromatic carbocycles. The Morgan fingerprint density at radius 2 is 2.24 bits per heavy atom. The van der Waals surface area contributed by atoms with Gasteiger partial charge in [0.05, 0.1) is 17.8 Å². The fourth-order valence-corrected chi connectivity index (χ4v) is 2.50. The smallest absolute Gasteiger partial charge is 0.330 e. The van der Waals surface area contributed by atoms with E-state index in [1.54, 1.807) is 0 Å². The molecule has 0 amide bonds. The molecule has 1 aliphatic rings. The van der Waals surface area contributed by atoms with Crippen LogP contribution in [-0.4, -0.2) is 41.0 Å². The first-order chi connectivity index (χ1) is 9.86. The largest absolute Gasteiger partial charge is 0.492 e. The number of aliphatic imine (C=N–C) groups is 1. The van der Waals surface area contributed by atoms with E-state index in [0.29, 0.717) is 0 Å². The van der Waals surface area contributed by atoms with E-state index in [1.165, 1.54) is 19.2 Å². The number of aliphatic carboxylic acids is 1. The van der Waals surface area contributed by atoms with Gasteiger partial charge in [0.2, 0.25) is 0 Å². The van der Waals surface area contributed by atoms with Gasteiger partial charge >= 0.3 is 5.97 Å². The molecule has 2 atom stereocenters. The third-order valence-corrected chi connectivity index (χ3v) is 3.88. The Labute approximate surface area is 129 Å². The molecule has 0 saturated heterocycles. The molecule has 2 rings (SSSR count). The second-order valence-corrected chi connectivity index (χ2v) is 5.28. The van der Waals surface area contributed by atoms with Crippen LogP contribution in [0, 0.1) is 11.2 Å². The number of ether oxygens (including phenoxy) is 1. The standard InChI is InChI=1S/C13H11Cl2FN2O3/c1-21-12-6(14)3-2-5(10(12)16)8-4-7(17)9(15)11(18-8)13(19)20/h2-3,9,11,17H,4H2,1H3,(H,19,20). The van der Waals surface area contributed by atoms with Crippen LogP contribution in [0.1, 0.15) is 12.0 Å². The number of hydrogen-bond acceptors (Lipinski definition) is 4. The minimum absolute atomic E-state index is 0.0256. The van der Waals surface area contributed by atoms with Gasteiger partial charge in [0, 0.05) is 17.7 Å². The van der Waals surface area contributed by atoms with Crippen LogP contribution in [0.25, 0.3) is 0 Å². The summed E-state index contributed by atoms with van der Waals surface area (Å²) in [7, 11) is 1.27. The van der Waals surface area contributed by atoms with Gasteiger partial charge in [-0.05, 0) is 12.1 Å². The number of halogens is 3. The fourth-order valence-electron chi connectivity index (χ4n) is 2.04. The minimum Gasteiger partial charge on any atom is -0.492 e. The Balaban J connectivity index is 2.53. The van der Waals surface area contributed by atoms with Crippen molar-refractivity contribution in [1.29, 1.82) is 5.41 Å². The van der Waals surface area contributed by atoms with Gasteiger partial charge in [0.1, 0.15) is 5.38 Å². The molecule has 0 fully saturated rings. The number of carboxylic acids is 1. The lowest BCUT2D eigenvalue weighted by molar-refractivity contribution is -0.138.